The molecule has 0 fully saturated rings. The predicted octanol–water partition coefficient (Wildman–Crippen LogP) is 5.39. The molecule has 0 radical (unpaired) electrons. The summed E-state index contributed by atoms with van der Waals surface area (Å²) < 4.78 is 5.56. The third kappa shape index (κ3) is 2.54. The molecule has 134 valence electrons. The smallest absolute Gasteiger partial charge is 0.269 e. The third-order valence-corrected chi connectivity index (χ3v) is 5.79. The number of hydrogen-bond donors (Lipinski definition) is 1. The first-order valence-electron chi connectivity index (χ1n) is 8.55. The van der Waals surface area contributed by atoms with Gasteiger partial charge in [-0.05, 0) is 42.5 Å². The minimum absolute atomic E-state index is 0.0516. The summed E-state index contributed by atoms with van der Waals surface area (Å²) in [5, 5.41) is 15.3. The van der Waals surface area contributed by atoms with Crippen molar-refractivity contribution < 1.29 is 9.66 Å². The molecule has 1 heterocycles. The van der Waals surface area contributed by atoms with E-state index in [1.807, 2.05) is 6.07 Å². The zero-order valence-corrected chi connectivity index (χ0v) is 15.3. The number of methoxy groups -OCH3 is 1. The molecular formula is C20H19ClN2O3. The lowest BCUT2D eigenvalue weighted by atomic mass is 9.75. The summed E-state index contributed by atoms with van der Waals surface area (Å²) in [6.45, 7) is 2.10. The fourth-order valence-corrected chi connectivity index (χ4v) is 4.47. The van der Waals surface area contributed by atoms with Gasteiger partial charge in [-0.2, -0.15) is 0 Å². The summed E-state index contributed by atoms with van der Waals surface area (Å²) in [5.74, 6) is 1.27. The summed E-state index contributed by atoms with van der Waals surface area (Å²) in [6, 6.07) is 8.54. The van der Waals surface area contributed by atoms with E-state index in [0.29, 0.717) is 5.02 Å². The van der Waals surface area contributed by atoms with Crippen LogP contribution in [0.4, 0.5) is 11.4 Å². The zero-order valence-electron chi connectivity index (χ0n) is 14.5. The zero-order chi connectivity index (χ0) is 18.4. The van der Waals surface area contributed by atoms with Gasteiger partial charge in [0.1, 0.15) is 5.75 Å². The number of anilines is 1. The van der Waals surface area contributed by atoms with Gasteiger partial charge in [0.15, 0.2) is 0 Å². The van der Waals surface area contributed by atoms with Gasteiger partial charge >= 0.3 is 0 Å². The van der Waals surface area contributed by atoms with Crippen LogP contribution >= 0.6 is 11.6 Å². The molecule has 0 bridgehead atoms. The molecule has 0 unspecified atom stereocenters. The lowest BCUT2D eigenvalue weighted by Crippen LogP contribution is -2.30. The Labute approximate surface area is 156 Å². The molecule has 4 rings (SSSR count). The van der Waals surface area contributed by atoms with Gasteiger partial charge in [0.2, 0.25) is 0 Å². The van der Waals surface area contributed by atoms with E-state index in [2.05, 4.69) is 30.5 Å². The molecule has 26 heavy (non-hydrogen) atoms. The highest BCUT2D eigenvalue weighted by Gasteiger charge is 2.40. The van der Waals surface area contributed by atoms with E-state index in [4.69, 9.17) is 16.3 Å². The molecule has 1 aliphatic heterocycles. The van der Waals surface area contributed by atoms with E-state index in [-0.39, 0.29) is 28.5 Å². The predicted molar refractivity (Wildman–Crippen MR) is 102 cm³/mol. The van der Waals surface area contributed by atoms with E-state index in [0.717, 1.165) is 23.4 Å². The van der Waals surface area contributed by atoms with Crippen molar-refractivity contribution in [2.24, 2.45) is 5.92 Å². The Bertz CT molecular complexity index is 926. The number of fused-ring (bicyclic) bond motifs is 3. The van der Waals surface area contributed by atoms with Crippen LogP contribution < -0.4 is 10.1 Å². The molecular weight excluding hydrogens is 352 g/mol. The number of nitro groups is 1. The molecule has 0 amide bonds. The minimum atomic E-state index is -0.383. The van der Waals surface area contributed by atoms with Gasteiger partial charge in [-0.3, -0.25) is 10.1 Å². The van der Waals surface area contributed by atoms with Crippen LogP contribution in [-0.4, -0.2) is 12.0 Å². The van der Waals surface area contributed by atoms with Gasteiger partial charge < -0.3 is 10.1 Å². The highest BCUT2D eigenvalue weighted by molar-refractivity contribution is 6.31. The Kier molecular flexibility index (Phi) is 4.11. The maximum absolute atomic E-state index is 11.2. The van der Waals surface area contributed by atoms with Crippen molar-refractivity contribution in [3.8, 4) is 5.75 Å². The first kappa shape index (κ1) is 16.9. The molecule has 5 nitrogen and oxygen atoms in total. The van der Waals surface area contributed by atoms with E-state index >= 15 is 0 Å². The van der Waals surface area contributed by atoms with Crippen LogP contribution in [0, 0.1) is 23.0 Å². The fraction of sp³-hybridized carbons (Fsp3) is 0.300. The van der Waals surface area contributed by atoms with Crippen LogP contribution in [-0.2, 0) is 0 Å². The number of non-ortho nitro benzene ring substituents is 1. The number of allylic oxidation sites excluding steroid dienone is 2. The molecule has 2 aliphatic rings. The summed E-state index contributed by atoms with van der Waals surface area (Å²) in [4.78, 5) is 10.8. The Morgan fingerprint density at radius 1 is 1.31 bits per heavy atom. The highest BCUT2D eigenvalue weighted by Crippen LogP contribution is 2.54. The van der Waals surface area contributed by atoms with Gasteiger partial charge in [-0.25, -0.2) is 0 Å². The Hall–Kier alpha value is -2.53. The van der Waals surface area contributed by atoms with E-state index < -0.39 is 0 Å². The minimum Gasteiger partial charge on any atom is -0.495 e. The van der Waals surface area contributed by atoms with Crippen LogP contribution in [0.15, 0.2) is 42.5 Å². The lowest BCUT2D eigenvalue weighted by molar-refractivity contribution is -0.384. The van der Waals surface area contributed by atoms with Crippen LogP contribution in [0.25, 0.3) is 0 Å². The van der Waals surface area contributed by atoms with Crippen molar-refractivity contribution in [3.05, 3.63) is 74.3 Å². The largest absolute Gasteiger partial charge is 0.495 e. The average Bonchev–Trinajstić information content (AvgIpc) is 3.11. The Morgan fingerprint density at radius 3 is 2.85 bits per heavy atom. The number of nitrogens with zero attached hydrogens (tertiary/aromatic N) is 1. The number of hydrogen-bond acceptors (Lipinski definition) is 4. The second kappa shape index (κ2) is 6.32. The quantitative estimate of drug-likeness (QED) is 0.447. The van der Waals surface area contributed by atoms with Crippen molar-refractivity contribution in [1.82, 2.24) is 0 Å². The van der Waals surface area contributed by atoms with Gasteiger partial charge in [-0.1, -0.05) is 29.8 Å². The van der Waals surface area contributed by atoms with Gasteiger partial charge in [0, 0.05) is 28.6 Å². The normalized spacial score (nSPS) is 23.1. The summed E-state index contributed by atoms with van der Waals surface area (Å²) in [6.07, 6.45) is 5.32. The first-order chi connectivity index (χ1) is 12.5. The second-order valence-corrected chi connectivity index (χ2v) is 7.22. The average molecular weight is 371 g/mol. The number of benzene rings is 2. The molecule has 3 atom stereocenters. The molecule has 1 N–H and O–H groups in total. The van der Waals surface area contributed by atoms with Gasteiger partial charge in [-0.15, -0.1) is 0 Å². The number of aryl methyl sites for hydroxylation is 1. The van der Waals surface area contributed by atoms with E-state index in [9.17, 15) is 10.1 Å². The standard InChI is InChI=1S/C20H19ClN2O3/c1-11-6-9-17(26-2)20-18(11)13-4-3-5-14(13)19(22-20)15-10-12(23(24)25)7-8-16(15)21/h3-4,6-10,13-14,19,22H,5H2,1-2H3/t13-,14+,19-/m0/s1. The summed E-state index contributed by atoms with van der Waals surface area (Å²) >= 11 is 6.44. The van der Waals surface area contributed by atoms with Crippen LogP contribution in [0.2, 0.25) is 5.02 Å². The number of nitrogens with one attached hydrogen (secondary N) is 1. The van der Waals surface area contributed by atoms with Gasteiger partial charge in [0.05, 0.1) is 23.8 Å². The number of rotatable bonds is 3. The Morgan fingerprint density at radius 2 is 2.12 bits per heavy atom. The lowest BCUT2D eigenvalue weighted by Gasteiger charge is -2.39. The molecule has 0 saturated carbocycles. The monoisotopic (exact) mass is 370 g/mol. The summed E-state index contributed by atoms with van der Waals surface area (Å²) in [7, 11) is 1.65. The van der Waals surface area contributed by atoms with Crippen LogP contribution in [0.3, 0.4) is 0 Å². The molecule has 0 spiro atoms. The number of nitro benzene ring substituents is 1. The highest BCUT2D eigenvalue weighted by atomic mass is 35.5. The molecule has 2 aromatic rings. The molecule has 6 heteroatoms. The van der Waals surface area contributed by atoms with E-state index in [1.54, 1.807) is 19.2 Å². The number of halogens is 1. The fourth-order valence-electron chi connectivity index (χ4n) is 4.23. The SMILES string of the molecule is COc1ccc(C)c2c1N[C@H](c1cc([N+](=O)[O-])ccc1Cl)[C@@H]1CC=C[C@H]21. The maximum Gasteiger partial charge on any atom is 0.269 e. The van der Waals surface area contributed by atoms with Crippen molar-refractivity contribution in [3.63, 3.8) is 0 Å². The molecule has 0 aromatic heterocycles. The summed E-state index contributed by atoms with van der Waals surface area (Å²) in [5.41, 5.74) is 4.21. The van der Waals surface area contributed by atoms with Crippen LogP contribution in [0.1, 0.15) is 35.1 Å². The first-order valence-corrected chi connectivity index (χ1v) is 8.93. The van der Waals surface area contributed by atoms with Crippen molar-refractivity contribution in [1.29, 1.82) is 0 Å². The van der Waals surface area contributed by atoms with Crippen molar-refractivity contribution in [2.75, 3.05) is 12.4 Å². The molecule has 0 saturated heterocycles. The van der Waals surface area contributed by atoms with Crippen molar-refractivity contribution in [2.45, 2.75) is 25.3 Å². The second-order valence-electron chi connectivity index (χ2n) is 6.81. The van der Waals surface area contributed by atoms with Crippen molar-refractivity contribution >= 4 is 23.0 Å². The van der Waals surface area contributed by atoms with Crippen LogP contribution in [0.5, 0.6) is 5.75 Å². The Balaban J connectivity index is 1.87. The van der Waals surface area contributed by atoms with Gasteiger partial charge in [0.25, 0.3) is 5.69 Å². The molecule has 2 aromatic carbocycles. The van der Waals surface area contributed by atoms with E-state index in [1.165, 1.54) is 17.2 Å². The topological polar surface area (TPSA) is 64.4 Å². The third-order valence-electron chi connectivity index (χ3n) is 5.44. The maximum atomic E-state index is 11.2. The molecule has 1 aliphatic carbocycles. The number of ether oxygens (including phenoxy) is 1.